The van der Waals surface area contributed by atoms with E-state index >= 15 is 0 Å². The van der Waals surface area contributed by atoms with Crippen LogP contribution in [-0.2, 0) is 6.42 Å². The number of hydrogen-bond acceptors (Lipinski definition) is 6. The molecular formula is C15H21N5S. The zero-order chi connectivity index (χ0) is 15.0. The molecule has 0 radical (unpaired) electrons. The fourth-order valence-corrected chi connectivity index (χ4v) is 4.02. The molecule has 5 nitrogen and oxygen atoms in total. The maximum Gasteiger partial charge on any atom is 0.148 e. The highest BCUT2D eigenvalue weighted by Crippen LogP contribution is 2.39. The van der Waals surface area contributed by atoms with Crippen LogP contribution in [0.4, 0.5) is 11.6 Å². The molecule has 112 valence electrons. The first-order chi connectivity index (χ1) is 10.1. The zero-order valence-electron chi connectivity index (χ0n) is 12.6. The van der Waals surface area contributed by atoms with Crippen LogP contribution in [0.1, 0.15) is 48.7 Å². The van der Waals surface area contributed by atoms with Crippen molar-refractivity contribution in [3.63, 3.8) is 0 Å². The molecule has 0 aliphatic carbocycles. The number of thiophene rings is 1. The van der Waals surface area contributed by atoms with Gasteiger partial charge in [-0.25, -0.2) is 15.8 Å². The van der Waals surface area contributed by atoms with Crippen LogP contribution < -0.4 is 16.2 Å². The minimum Gasteiger partial charge on any atom is -0.349 e. The van der Waals surface area contributed by atoms with Gasteiger partial charge in [-0.2, -0.15) is 0 Å². The first-order valence-electron chi connectivity index (χ1n) is 7.28. The Labute approximate surface area is 129 Å². The lowest BCUT2D eigenvalue weighted by Gasteiger charge is -2.36. The van der Waals surface area contributed by atoms with Gasteiger partial charge in [0.2, 0.25) is 0 Å². The average molecular weight is 303 g/mol. The maximum absolute atomic E-state index is 5.62. The van der Waals surface area contributed by atoms with E-state index in [1.807, 2.05) is 11.3 Å². The Hall–Kier alpha value is -1.66. The molecule has 2 aromatic rings. The van der Waals surface area contributed by atoms with Crippen LogP contribution in [0.3, 0.4) is 0 Å². The zero-order valence-corrected chi connectivity index (χ0v) is 13.4. The molecule has 2 aromatic heterocycles. The Bertz CT molecular complexity index is 637. The quantitative estimate of drug-likeness (QED) is 0.674. The van der Waals surface area contributed by atoms with Gasteiger partial charge in [0.25, 0.3) is 0 Å². The number of nitrogens with zero attached hydrogens (tertiary/aromatic N) is 3. The SMILES string of the molecule is CC(C)c1c(NN)ncnc1N1CCc2sccc2C1C. The number of nitrogens with two attached hydrogens (primary N) is 1. The molecule has 3 heterocycles. The summed E-state index contributed by atoms with van der Waals surface area (Å²) in [7, 11) is 0. The van der Waals surface area contributed by atoms with Crippen LogP contribution >= 0.6 is 11.3 Å². The van der Waals surface area contributed by atoms with Crippen LogP contribution in [0.5, 0.6) is 0 Å². The maximum atomic E-state index is 5.62. The third-order valence-electron chi connectivity index (χ3n) is 4.13. The van der Waals surface area contributed by atoms with Crippen molar-refractivity contribution >= 4 is 23.0 Å². The smallest absolute Gasteiger partial charge is 0.148 e. The first kappa shape index (κ1) is 14.3. The van der Waals surface area contributed by atoms with Crippen LogP contribution in [0.2, 0.25) is 0 Å². The summed E-state index contributed by atoms with van der Waals surface area (Å²) in [6, 6.07) is 2.56. The van der Waals surface area contributed by atoms with Crippen molar-refractivity contribution in [2.45, 2.75) is 39.2 Å². The molecule has 0 bridgehead atoms. The highest BCUT2D eigenvalue weighted by Gasteiger charge is 2.29. The Morgan fingerprint density at radius 2 is 2.24 bits per heavy atom. The van der Waals surface area contributed by atoms with E-state index in [1.165, 1.54) is 10.4 Å². The number of anilines is 2. The Morgan fingerprint density at radius 3 is 2.95 bits per heavy atom. The average Bonchev–Trinajstić information content (AvgIpc) is 2.96. The fourth-order valence-electron chi connectivity index (χ4n) is 3.06. The molecule has 0 fully saturated rings. The number of hydrazine groups is 1. The van der Waals surface area contributed by atoms with Gasteiger partial charge < -0.3 is 10.3 Å². The van der Waals surface area contributed by atoms with Gasteiger partial charge in [0, 0.05) is 17.0 Å². The molecule has 0 aromatic carbocycles. The third kappa shape index (κ3) is 2.38. The van der Waals surface area contributed by atoms with Gasteiger partial charge in [0.1, 0.15) is 18.0 Å². The van der Waals surface area contributed by atoms with Gasteiger partial charge in [-0.15, -0.1) is 11.3 Å². The highest BCUT2D eigenvalue weighted by molar-refractivity contribution is 7.10. The summed E-state index contributed by atoms with van der Waals surface area (Å²) in [5, 5.41) is 2.18. The molecule has 0 saturated heterocycles. The van der Waals surface area contributed by atoms with E-state index in [2.05, 4.69) is 52.5 Å². The lowest BCUT2D eigenvalue weighted by atomic mass is 9.98. The Kier molecular flexibility index (Phi) is 3.82. The number of hydrogen-bond donors (Lipinski definition) is 2. The van der Waals surface area contributed by atoms with E-state index in [-0.39, 0.29) is 0 Å². The largest absolute Gasteiger partial charge is 0.349 e. The molecule has 6 heteroatoms. The van der Waals surface area contributed by atoms with Gasteiger partial charge in [-0.1, -0.05) is 13.8 Å². The van der Waals surface area contributed by atoms with E-state index in [0.29, 0.717) is 12.0 Å². The molecule has 0 spiro atoms. The molecule has 1 unspecified atom stereocenters. The molecule has 1 aliphatic heterocycles. The van der Waals surface area contributed by atoms with E-state index in [4.69, 9.17) is 5.84 Å². The summed E-state index contributed by atoms with van der Waals surface area (Å²) in [6.07, 6.45) is 2.66. The summed E-state index contributed by atoms with van der Waals surface area (Å²) in [5.41, 5.74) is 5.22. The van der Waals surface area contributed by atoms with Crippen LogP contribution in [0.25, 0.3) is 0 Å². The molecule has 1 atom stereocenters. The van der Waals surface area contributed by atoms with Crippen molar-refractivity contribution in [2.24, 2.45) is 5.84 Å². The number of nitrogen functional groups attached to an aromatic ring is 1. The molecule has 1 aliphatic rings. The lowest BCUT2D eigenvalue weighted by Crippen LogP contribution is -2.35. The minimum atomic E-state index is 0.309. The fraction of sp³-hybridized carbons (Fsp3) is 0.467. The predicted molar refractivity (Wildman–Crippen MR) is 87.7 cm³/mol. The second-order valence-electron chi connectivity index (χ2n) is 5.68. The van der Waals surface area contributed by atoms with Gasteiger partial charge in [-0.3, -0.25) is 0 Å². The van der Waals surface area contributed by atoms with E-state index in [1.54, 1.807) is 6.33 Å². The van der Waals surface area contributed by atoms with E-state index in [0.717, 1.165) is 30.2 Å². The Morgan fingerprint density at radius 1 is 1.43 bits per heavy atom. The van der Waals surface area contributed by atoms with Gasteiger partial charge in [0.15, 0.2) is 0 Å². The van der Waals surface area contributed by atoms with Crippen LogP contribution in [0.15, 0.2) is 17.8 Å². The Balaban J connectivity index is 2.05. The summed E-state index contributed by atoms with van der Waals surface area (Å²) in [4.78, 5) is 12.7. The van der Waals surface area contributed by atoms with Gasteiger partial charge in [-0.05, 0) is 36.3 Å². The molecule has 3 N–H and O–H groups in total. The summed E-state index contributed by atoms with van der Waals surface area (Å²) < 4.78 is 0. The standard InChI is InChI=1S/C15H21N5S/c1-9(2)13-14(19-16)17-8-18-15(13)20-6-4-12-11(10(20)3)5-7-21-12/h5,7-10H,4,6,16H2,1-3H3,(H,17,18,19). The van der Waals surface area contributed by atoms with Crippen LogP contribution in [0, 0.1) is 0 Å². The second-order valence-corrected chi connectivity index (χ2v) is 6.68. The van der Waals surface area contributed by atoms with E-state index < -0.39 is 0 Å². The van der Waals surface area contributed by atoms with Crippen molar-refractivity contribution in [1.29, 1.82) is 0 Å². The highest BCUT2D eigenvalue weighted by atomic mass is 32.1. The monoisotopic (exact) mass is 303 g/mol. The normalized spacial score (nSPS) is 18.0. The first-order valence-corrected chi connectivity index (χ1v) is 8.15. The molecule has 0 amide bonds. The van der Waals surface area contributed by atoms with Crippen LogP contribution in [-0.4, -0.2) is 16.5 Å². The van der Waals surface area contributed by atoms with Crippen molar-refractivity contribution in [3.8, 4) is 0 Å². The van der Waals surface area contributed by atoms with Gasteiger partial charge >= 0.3 is 0 Å². The van der Waals surface area contributed by atoms with Crippen molar-refractivity contribution in [2.75, 3.05) is 16.9 Å². The van der Waals surface area contributed by atoms with Gasteiger partial charge in [0.05, 0.1) is 6.04 Å². The minimum absolute atomic E-state index is 0.309. The predicted octanol–water partition coefficient (Wildman–Crippen LogP) is 3.07. The summed E-state index contributed by atoms with van der Waals surface area (Å²) >= 11 is 1.85. The molecule has 21 heavy (non-hydrogen) atoms. The molecular weight excluding hydrogens is 282 g/mol. The molecule has 0 saturated carbocycles. The van der Waals surface area contributed by atoms with E-state index in [9.17, 15) is 0 Å². The third-order valence-corrected chi connectivity index (χ3v) is 5.12. The number of nitrogens with one attached hydrogen (secondary N) is 1. The topological polar surface area (TPSA) is 67.1 Å². The molecule has 3 rings (SSSR count). The number of aromatic nitrogens is 2. The van der Waals surface area contributed by atoms with Crippen molar-refractivity contribution in [3.05, 3.63) is 33.8 Å². The van der Waals surface area contributed by atoms with Crippen molar-refractivity contribution in [1.82, 2.24) is 9.97 Å². The summed E-state index contributed by atoms with van der Waals surface area (Å²) in [5.74, 6) is 7.65. The summed E-state index contributed by atoms with van der Waals surface area (Å²) in [6.45, 7) is 7.52. The second kappa shape index (κ2) is 5.61. The lowest BCUT2D eigenvalue weighted by molar-refractivity contribution is 0.617. The number of fused-ring (bicyclic) bond motifs is 1. The number of rotatable bonds is 3. The van der Waals surface area contributed by atoms with Crippen molar-refractivity contribution < 1.29 is 0 Å².